The van der Waals surface area contributed by atoms with Crippen molar-refractivity contribution in [3.05, 3.63) is 49.1 Å². The van der Waals surface area contributed by atoms with Crippen LogP contribution in [-0.4, -0.2) is 61.2 Å². The van der Waals surface area contributed by atoms with E-state index in [1.54, 1.807) is 43.0 Å². The molecule has 1 N–H and O–H groups in total. The van der Waals surface area contributed by atoms with Crippen LogP contribution >= 0.6 is 0 Å². The van der Waals surface area contributed by atoms with Crippen molar-refractivity contribution < 1.29 is 14.2 Å². The van der Waals surface area contributed by atoms with Gasteiger partial charge in [-0.25, -0.2) is 9.37 Å². The second-order valence-corrected chi connectivity index (χ2v) is 7.78. The van der Waals surface area contributed by atoms with Gasteiger partial charge >= 0.3 is 0 Å². The predicted molar refractivity (Wildman–Crippen MR) is 105 cm³/mol. The third-order valence-electron chi connectivity index (χ3n) is 6.04. The Bertz CT molecular complexity index is 995. The lowest BCUT2D eigenvalue weighted by Gasteiger charge is -2.35. The van der Waals surface area contributed by atoms with Gasteiger partial charge in [0.15, 0.2) is 0 Å². The van der Waals surface area contributed by atoms with Gasteiger partial charge in [-0.1, -0.05) is 0 Å². The van der Waals surface area contributed by atoms with E-state index in [2.05, 4.69) is 20.1 Å². The molecule has 29 heavy (non-hydrogen) atoms. The summed E-state index contributed by atoms with van der Waals surface area (Å²) in [6.07, 6.45) is 6.37. The largest absolute Gasteiger partial charge is 0.507 e. The lowest BCUT2D eigenvalue weighted by atomic mass is 10.0. The van der Waals surface area contributed by atoms with Gasteiger partial charge in [-0.3, -0.25) is 4.90 Å². The summed E-state index contributed by atoms with van der Waals surface area (Å²) in [6, 6.07) is 9.01. The number of ether oxygens (including phenoxy) is 1. The van der Waals surface area contributed by atoms with Crippen molar-refractivity contribution in [2.75, 3.05) is 7.05 Å². The molecule has 0 amide bonds. The third kappa shape index (κ3) is 3.33. The molecule has 2 unspecified atom stereocenters. The highest BCUT2D eigenvalue weighted by molar-refractivity contribution is 5.68. The number of piperidine rings is 1. The molecule has 2 fully saturated rings. The number of imidazole rings is 1. The Morgan fingerprint density at radius 3 is 2.72 bits per heavy atom. The lowest BCUT2D eigenvalue weighted by Crippen LogP contribution is -2.45. The fourth-order valence-electron chi connectivity index (χ4n) is 4.46. The summed E-state index contributed by atoms with van der Waals surface area (Å²) in [5.74, 6) is 0.535. The molecular weight excluding hydrogens is 373 g/mol. The molecule has 0 saturated carbocycles. The first-order valence-corrected chi connectivity index (χ1v) is 9.76. The highest BCUT2D eigenvalue weighted by atomic mass is 19.1. The Morgan fingerprint density at radius 1 is 1.14 bits per heavy atom. The third-order valence-corrected chi connectivity index (χ3v) is 6.04. The average molecular weight is 395 g/mol. The van der Waals surface area contributed by atoms with Crippen LogP contribution < -0.4 is 4.74 Å². The first-order chi connectivity index (χ1) is 14.1. The monoisotopic (exact) mass is 395 g/mol. The van der Waals surface area contributed by atoms with Gasteiger partial charge in [0.25, 0.3) is 0 Å². The van der Waals surface area contributed by atoms with E-state index in [-0.39, 0.29) is 23.9 Å². The minimum absolute atomic E-state index is 0.0510. The highest BCUT2D eigenvalue weighted by Gasteiger charge is 2.46. The fourth-order valence-corrected chi connectivity index (χ4v) is 4.46. The Kier molecular flexibility index (Phi) is 4.43. The summed E-state index contributed by atoms with van der Waals surface area (Å²) < 4.78 is 21.9. The number of benzene rings is 1. The first-order valence-electron chi connectivity index (χ1n) is 9.76. The summed E-state index contributed by atoms with van der Waals surface area (Å²) in [6.45, 7) is 0. The normalized spacial score (nSPS) is 26.6. The molecule has 2 saturated heterocycles. The predicted octanol–water partition coefficient (Wildman–Crippen LogP) is 2.99. The standard InChI is InChI=1S/C21H22FN5O2/c1-26-14-8-15(11-19(26)17(22)9-14)29-21-5-4-18(24-25-21)16-3-2-13(10-20(16)28)27-7-6-23-12-27/h2-7,10,12,14-15,17,19,28H,8-9,11H2,1H3/t14?,15-,17-,19?/m0/s1. The molecule has 1 aromatic carbocycles. The number of hydrogen-bond acceptors (Lipinski definition) is 6. The molecule has 3 aromatic rings. The molecule has 0 spiro atoms. The SMILES string of the molecule is CN1C2C[C@H](Oc3ccc(-c4ccc(-n5ccnc5)cc4O)nn3)CC1[C@@H](F)C2. The molecule has 5 rings (SSSR count). The van der Waals surface area contributed by atoms with Crippen molar-refractivity contribution in [1.82, 2.24) is 24.6 Å². The topological polar surface area (TPSA) is 76.3 Å². The zero-order valence-corrected chi connectivity index (χ0v) is 16.0. The molecule has 2 aromatic heterocycles. The van der Waals surface area contributed by atoms with E-state index in [1.165, 1.54) is 0 Å². The van der Waals surface area contributed by atoms with Gasteiger partial charge < -0.3 is 14.4 Å². The van der Waals surface area contributed by atoms with Crippen LogP contribution in [0.25, 0.3) is 16.9 Å². The van der Waals surface area contributed by atoms with Gasteiger partial charge in [0, 0.05) is 55.0 Å². The van der Waals surface area contributed by atoms with Gasteiger partial charge in [0.2, 0.25) is 5.88 Å². The molecule has 2 aliphatic rings. The summed E-state index contributed by atoms with van der Waals surface area (Å²) in [5, 5.41) is 18.8. The second kappa shape index (κ2) is 7.11. The molecule has 150 valence electrons. The van der Waals surface area contributed by atoms with Crippen molar-refractivity contribution in [3.8, 4) is 28.6 Å². The van der Waals surface area contributed by atoms with Crippen molar-refractivity contribution in [1.29, 1.82) is 0 Å². The number of halogens is 1. The van der Waals surface area contributed by atoms with Crippen molar-refractivity contribution in [2.24, 2.45) is 0 Å². The Labute approximate surface area is 167 Å². The molecular formula is C21H22FN5O2. The molecule has 8 heteroatoms. The van der Waals surface area contributed by atoms with E-state index in [0.29, 0.717) is 30.0 Å². The Balaban J connectivity index is 1.30. The fraction of sp³-hybridized carbons (Fsp3) is 0.381. The minimum atomic E-state index is -0.777. The van der Waals surface area contributed by atoms with Gasteiger partial charge in [-0.2, -0.15) is 0 Å². The summed E-state index contributed by atoms with van der Waals surface area (Å²) in [4.78, 5) is 6.14. The smallest absolute Gasteiger partial charge is 0.233 e. The molecule has 0 radical (unpaired) electrons. The number of fused-ring (bicyclic) bond motifs is 2. The number of alkyl halides is 1. The van der Waals surface area contributed by atoms with E-state index < -0.39 is 6.17 Å². The van der Waals surface area contributed by atoms with Crippen LogP contribution in [-0.2, 0) is 0 Å². The van der Waals surface area contributed by atoms with Crippen LogP contribution in [0.2, 0.25) is 0 Å². The lowest BCUT2D eigenvalue weighted by molar-refractivity contribution is 0.0522. The number of aromatic hydroxyl groups is 1. The van der Waals surface area contributed by atoms with E-state index in [9.17, 15) is 9.50 Å². The number of aromatic nitrogens is 4. The number of rotatable bonds is 4. The first kappa shape index (κ1) is 18.1. The van der Waals surface area contributed by atoms with Crippen LogP contribution in [0.5, 0.6) is 11.6 Å². The van der Waals surface area contributed by atoms with E-state index in [0.717, 1.165) is 12.1 Å². The van der Waals surface area contributed by atoms with E-state index in [4.69, 9.17) is 4.74 Å². The van der Waals surface area contributed by atoms with Crippen molar-refractivity contribution >= 4 is 0 Å². The summed E-state index contributed by atoms with van der Waals surface area (Å²) in [5.41, 5.74) is 1.95. The van der Waals surface area contributed by atoms with Gasteiger partial charge in [-0.15, -0.1) is 10.2 Å². The Morgan fingerprint density at radius 2 is 2.03 bits per heavy atom. The van der Waals surface area contributed by atoms with Crippen molar-refractivity contribution in [2.45, 2.75) is 43.6 Å². The van der Waals surface area contributed by atoms with Crippen LogP contribution in [0, 0.1) is 0 Å². The van der Waals surface area contributed by atoms with E-state index in [1.807, 2.05) is 17.7 Å². The zero-order valence-electron chi connectivity index (χ0n) is 16.0. The quantitative estimate of drug-likeness (QED) is 0.732. The van der Waals surface area contributed by atoms with Crippen LogP contribution in [0.3, 0.4) is 0 Å². The molecule has 2 aliphatic heterocycles. The molecule has 4 atom stereocenters. The van der Waals surface area contributed by atoms with Gasteiger partial charge in [-0.05, 0) is 31.7 Å². The minimum Gasteiger partial charge on any atom is -0.507 e. The van der Waals surface area contributed by atoms with Crippen molar-refractivity contribution in [3.63, 3.8) is 0 Å². The maximum Gasteiger partial charge on any atom is 0.233 e. The second-order valence-electron chi connectivity index (χ2n) is 7.78. The maximum atomic E-state index is 14.1. The average Bonchev–Trinajstić information content (AvgIpc) is 3.29. The summed E-state index contributed by atoms with van der Waals surface area (Å²) >= 11 is 0. The molecule has 4 heterocycles. The zero-order chi connectivity index (χ0) is 20.0. The van der Waals surface area contributed by atoms with Gasteiger partial charge in [0.1, 0.15) is 18.0 Å². The number of phenolic OH excluding ortho intramolecular Hbond substituents is 1. The number of nitrogens with zero attached hydrogens (tertiary/aromatic N) is 5. The van der Waals surface area contributed by atoms with Crippen LogP contribution in [0.1, 0.15) is 19.3 Å². The highest BCUT2D eigenvalue weighted by Crippen LogP contribution is 2.37. The maximum absolute atomic E-state index is 14.1. The van der Waals surface area contributed by atoms with Crippen LogP contribution in [0.15, 0.2) is 49.1 Å². The summed E-state index contributed by atoms with van der Waals surface area (Å²) in [7, 11) is 1.99. The van der Waals surface area contributed by atoms with Gasteiger partial charge in [0.05, 0.1) is 17.7 Å². The van der Waals surface area contributed by atoms with E-state index >= 15 is 0 Å². The number of hydrogen-bond donors (Lipinski definition) is 1. The molecule has 2 bridgehead atoms. The molecule has 7 nitrogen and oxygen atoms in total. The Hall–Kier alpha value is -3.00. The number of phenols is 1. The molecule has 0 aliphatic carbocycles. The van der Waals surface area contributed by atoms with Crippen LogP contribution in [0.4, 0.5) is 4.39 Å².